The maximum Gasteiger partial charge on any atom is 0.164 e. The lowest BCUT2D eigenvalue weighted by Crippen LogP contribution is -2.50. The Kier molecular flexibility index (Phi) is 5.60. The van der Waals surface area contributed by atoms with Gasteiger partial charge in [0, 0.05) is 6.04 Å². The first-order chi connectivity index (χ1) is 5.86. The second kappa shape index (κ2) is 5.62. The number of carbonyl (C=O) groups is 1. The van der Waals surface area contributed by atoms with Gasteiger partial charge in [0.05, 0.1) is 17.4 Å². The highest BCUT2D eigenvalue weighted by atomic mass is 32.1. The third kappa shape index (κ3) is 4.64. The minimum Gasteiger partial charge on any atom is -0.391 e. The van der Waals surface area contributed by atoms with Crippen LogP contribution in [0.3, 0.4) is 0 Å². The lowest BCUT2D eigenvalue weighted by molar-refractivity contribution is -0.122. The highest BCUT2D eigenvalue weighted by molar-refractivity contribution is 7.81. The van der Waals surface area contributed by atoms with Crippen LogP contribution in [0.1, 0.15) is 27.7 Å². The van der Waals surface area contributed by atoms with Crippen LogP contribution in [0.25, 0.3) is 0 Å². The van der Waals surface area contributed by atoms with E-state index in [1.165, 1.54) is 0 Å². The zero-order chi connectivity index (χ0) is 10.6. The van der Waals surface area contributed by atoms with Crippen LogP contribution in [-0.4, -0.2) is 34.3 Å². The van der Waals surface area contributed by atoms with E-state index < -0.39 is 12.1 Å². The monoisotopic (exact) mass is 205 g/mol. The van der Waals surface area contributed by atoms with Crippen LogP contribution in [0.15, 0.2) is 0 Å². The van der Waals surface area contributed by atoms with Crippen LogP contribution in [0.2, 0.25) is 0 Å². The molecule has 78 valence electrons. The quantitative estimate of drug-likeness (QED) is 0.577. The summed E-state index contributed by atoms with van der Waals surface area (Å²) >= 11 is 4.05. The second-order valence-corrected chi connectivity index (χ2v) is 4.39. The van der Waals surface area contributed by atoms with E-state index in [1.807, 2.05) is 13.8 Å². The van der Waals surface area contributed by atoms with Crippen LogP contribution >= 0.6 is 12.6 Å². The van der Waals surface area contributed by atoms with Gasteiger partial charge < -0.3 is 10.4 Å². The van der Waals surface area contributed by atoms with Gasteiger partial charge in [-0.15, -0.1) is 0 Å². The molecular weight excluding hydrogens is 186 g/mol. The van der Waals surface area contributed by atoms with Crippen molar-refractivity contribution < 1.29 is 9.90 Å². The van der Waals surface area contributed by atoms with Crippen LogP contribution < -0.4 is 5.32 Å². The van der Waals surface area contributed by atoms with Gasteiger partial charge in [-0.25, -0.2) is 0 Å². The zero-order valence-electron chi connectivity index (χ0n) is 8.61. The molecule has 3 unspecified atom stereocenters. The van der Waals surface area contributed by atoms with Gasteiger partial charge in [0.2, 0.25) is 0 Å². The van der Waals surface area contributed by atoms with Gasteiger partial charge >= 0.3 is 0 Å². The minimum atomic E-state index is -0.676. The van der Waals surface area contributed by atoms with Gasteiger partial charge in [-0.1, -0.05) is 13.8 Å². The van der Waals surface area contributed by atoms with Crippen molar-refractivity contribution in [3.8, 4) is 0 Å². The van der Waals surface area contributed by atoms with E-state index in [2.05, 4.69) is 17.9 Å². The summed E-state index contributed by atoms with van der Waals surface area (Å²) in [6.45, 7) is 7.19. The molecular formula is C9H19NO2S. The topological polar surface area (TPSA) is 49.3 Å². The fourth-order valence-electron chi connectivity index (χ4n) is 1.08. The van der Waals surface area contributed by atoms with E-state index >= 15 is 0 Å². The molecule has 0 rings (SSSR count). The van der Waals surface area contributed by atoms with E-state index in [4.69, 9.17) is 0 Å². The lowest BCUT2D eigenvalue weighted by Gasteiger charge is -2.23. The van der Waals surface area contributed by atoms with E-state index in [0.29, 0.717) is 0 Å². The molecule has 0 aliphatic heterocycles. The maximum absolute atomic E-state index is 11.5. The predicted molar refractivity (Wildman–Crippen MR) is 57.2 cm³/mol. The Morgan fingerprint density at radius 3 is 2.00 bits per heavy atom. The Labute approximate surface area is 85.3 Å². The van der Waals surface area contributed by atoms with Crippen molar-refractivity contribution in [3.63, 3.8) is 0 Å². The van der Waals surface area contributed by atoms with Crippen molar-refractivity contribution in [2.24, 2.45) is 0 Å². The minimum absolute atomic E-state index is 0.0629. The first-order valence-electron chi connectivity index (χ1n) is 4.52. The summed E-state index contributed by atoms with van der Waals surface area (Å²) < 4.78 is 0. The molecule has 0 amide bonds. The normalized spacial score (nSPS) is 18.4. The Balaban J connectivity index is 4.33. The van der Waals surface area contributed by atoms with Crippen molar-refractivity contribution in [1.82, 2.24) is 5.32 Å². The first kappa shape index (κ1) is 12.9. The molecule has 0 aromatic heterocycles. The summed E-state index contributed by atoms with van der Waals surface area (Å²) in [4.78, 5) is 11.5. The molecule has 0 spiro atoms. The highest BCUT2D eigenvalue weighted by Crippen LogP contribution is 2.04. The Bertz CT molecular complexity index is 169. The van der Waals surface area contributed by atoms with E-state index in [1.54, 1.807) is 13.8 Å². The fourth-order valence-corrected chi connectivity index (χ4v) is 1.24. The largest absolute Gasteiger partial charge is 0.391 e. The molecule has 4 heteroatoms. The molecule has 0 aromatic carbocycles. The average Bonchev–Trinajstić information content (AvgIpc) is 1.97. The summed E-state index contributed by atoms with van der Waals surface area (Å²) in [6, 6.07) is -0.330. The molecule has 0 bridgehead atoms. The molecule has 2 N–H and O–H groups in total. The van der Waals surface area contributed by atoms with Crippen molar-refractivity contribution in [2.75, 3.05) is 0 Å². The number of Topliss-reactive ketones (excluding diaryl/α,β-unsaturated/α-hetero) is 1. The van der Waals surface area contributed by atoms with Crippen molar-refractivity contribution in [2.45, 2.75) is 51.1 Å². The van der Waals surface area contributed by atoms with Crippen LogP contribution in [-0.2, 0) is 4.79 Å². The Morgan fingerprint density at radius 2 is 1.77 bits per heavy atom. The molecule has 0 fully saturated rings. The first-order valence-corrected chi connectivity index (χ1v) is 5.03. The summed E-state index contributed by atoms with van der Waals surface area (Å²) in [7, 11) is 0. The lowest BCUT2D eigenvalue weighted by atomic mass is 10.0. The van der Waals surface area contributed by atoms with Crippen LogP contribution in [0.4, 0.5) is 0 Å². The summed E-state index contributed by atoms with van der Waals surface area (Å²) in [5.41, 5.74) is 0. The molecule has 3 nitrogen and oxygen atoms in total. The van der Waals surface area contributed by atoms with E-state index in [9.17, 15) is 9.90 Å². The number of nitrogens with one attached hydrogen (secondary N) is 1. The van der Waals surface area contributed by atoms with Crippen molar-refractivity contribution in [1.29, 1.82) is 0 Å². The fraction of sp³-hybridized carbons (Fsp3) is 0.889. The number of hydrogen-bond acceptors (Lipinski definition) is 4. The molecule has 3 atom stereocenters. The molecule has 0 saturated carbocycles. The van der Waals surface area contributed by atoms with Crippen molar-refractivity contribution >= 4 is 18.4 Å². The van der Waals surface area contributed by atoms with Crippen LogP contribution in [0, 0.1) is 0 Å². The van der Waals surface area contributed by atoms with Gasteiger partial charge in [-0.3, -0.25) is 4.79 Å². The molecule has 0 saturated heterocycles. The molecule has 0 radical (unpaired) electrons. The van der Waals surface area contributed by atoms with E-state index in [-0.39, 0.29) is 17.1 Å². The van der Waals surface area contributed by atoms with Crippen molar-refractivity contribution in [3.05, 3.63) is 0 Å². The van der Waals surface area contributed by atoms with E-state index in [0.717, 1.165) is 0 Å². The predicted octanol–water partition coefficient (Wildman–Crippen LogP) is 0.621. The second-order valence-electron chi connectivity index (χ2n) is 3.62. The van der Waals surface area contributed by atoms with Gasteiger partial charge in [0.25, 0.3) is 0 Å². The summed E-state index contributed by atoms with van der Waals surface area (Å²) in [5.74, 6) is -0.0629. The number of aliphatic hydroxyl groups excluding tert-OH is 1. The Hall–Kier alpha value is -0.0600. The molecule has 0 aliphatic carbocycles. The molecule has 0 aromatic rings. The van der Waals surface area contributed by atoms with Gasteiger partial charge in [0.15, 0.2) is 5.78 Å². The maximum atomic E-state index is 11.5. The Morgan fingerprint density at radius 1 is 1.31 bits per heavy atom. The number of aliphatic hydroxyl groups is 1. The average molecular weight is 205 g/mol. The number of thiol groups is 1. The van der Waals surface area contributed by atoms with Crippen LogP contribution in [0.5, 0.6) is 0 Å². The number of ketones is 1. The van der Waals surface area contributed by atoms with Gasteiger partial charge in [-0.2, -0.15) is 12.6 Å². The number of carbonyl (C=O) groups excluding carboxylic acids is 1. The van der Waals surface area contributed by atoms with Gasteiger partial charge in [0.1, 0.15) is 0 Å². The third-order valence-corrected chi connectivity index (χ3v) is 1.97. The molecule has 13 heavy (non-hydrogen) atoms. The molecule has 0 aliphatic rings. The third-order valence-electron chi connectivity index (χ3n) is 1.71. The number of hydrogen-bond donors (Lipinski definition) is 3. The number of rotatable bonds is 5. The molecule has 0 heterocycles. The summed E-state index contributed by atoms with van der Waals surface area (Å²) in [5, 5.41) is 12.0. The SMILES string of the molecule is CC(C)NC(C(=O)C(C)S)C(C)O. The standard InChI is InChI=1S/C9H19NO2S/c1-5(2)10-8(6(3)11)9(12)7(4)13/h5-8,10-11,13H,1-4H3. The van der Waals surface area contributed by atoms with Gasteiger partial charge in [-0.05, 0) is 13.8 Å². The highest BCUT2D eigenvalue weighted by Gasteiger charge is 2.26. The zero-order valence-corrected chi connectivity index (χ0v) is 9.51. The summed E-state index contributed by atoms with van der Waals surface area (Å²) in [6.07, 6.45) is -0.676. The smallest absolute Gasteiger partial charge is 0.164 e.